The van der Waals surface area contributed by atoms with Gasteiger partial charge in [0, 0.05) is 0 Å². The summed E-state index contributed by atoms with van der Waals surface area (Å²) < 4.78 is 0. The summed E-state index contributed by atoms with van der Waals surface area (Å²) in [6.07, 6.45) is 5.88. The second-order valence-corrected chi connectivity index (χ2v) is 4.36. The minimum Gasteiger partial charge on any atom is -0.508 e. The summed E-state index contributed by atoms with van der Waals surface area (Å²) in [6.45, 7) is 10.3. The molecule has 0 aliphatic heterocycles. The molecular formula is C16H22O. The van der Waals surface area contributed by atoms with E-state index in [1.165, 1.54) is 11.1 Å². The van der Waals surface area contributed by atoms with Crippen molar-refractivity contribution in [1.82, 2.24) is 0 Å². The van der Waals surface area contributed by atoms with E-state index in [4.69, 9.17) is 0 Å². The average Bonchev–Trinajstić information content (AvgIpc) is 2.35. The maximum atomic E-state index is 9.65. The topological polar surface area (TPSA) is 20.2 Å². The molecule has 17 heavy (non-hydrogen) atoms. The van der Waals surface area contributed by atoms with Gasteiger partial charge in [-0.15, -0.1) is 0 Å². The van der Waals surface area contributed by atoms with Crippen LogP contribution in [0.1, 0.15) is 50.7 Å². The molecule has 0 amide bonds. The van der Waals surface area contributed by atoms with Gasteiger partial charge in [0.15, 0.2) is 0 Å². The van der Waals surface area contributed by atoms with Crippen LogP contribution >= 0.6 is 0 Å². The predicted molar refractivity (Wildman–Crippen MR) is 75.3 cm³/mol. The lowest BCUT2D eigenvalue weighted by Gasteiger charge is -2.17. The van der Waals surface area contributed by atoms with E-state index in [-0.39, 0.29) is 0 Å². The van der Waals surface area contributed by atoms with E-state index < -0.39 is 0 Å². The quantitative estimate of drug-likeness (QED) is 0.714. The van der Waals surface area contributed by atoms with Gasteiger partial charge in [-0.3, -0.25) is 0 Å². The SMILES string of the molecule is C=C/C=C(/CC)c1cc(O)ccc1C(C)CC. The molecule has 0 heterocycles. The zero-order valence-electron chi connectivity index (χ0n) is 11.0. The molecule has 1 atom stereocenters. The summed E-state index contributed by atoms with van der Waals surface area (Å²) >= 11 is 0. The molecule has 92 valence electrons. The lowest BCUT2D eigenvalue weighted by molar-refractivity contribution is 0.474. The highest BCUT2D eigenvalue weighted by molar-refractivity contribution is 5.71. The van der Waals surface area contributed by atoms with Gasteiger partial charge in [0.2, 0.25) is 0 Å². The summed E-state index contributed by atoms with van der Waals surface area (Å²) in [5.74, 6) is 0.834. The average molecular weight is 230 g/mol. The van der Waals surface area contributed by atoms with Crippen LogP contribution in [0.3, 0.4) is 0 Å². The van der Waals surface area contributed by atoms with Crippen molar-refractivity contribution < 1.29 is 5.11 Å². The van der Waals surface area contributed by atoms with E-state index in [9.17, 15) is 5.11 Å². The van der Waals surface area contributed by atoms with Crippen molar-refractivity contribution in [3.8, 4) is 5.75 Å². The van der Waals surface area contributed by atoms with Gasteiger partial charge >= 0.3 is 0 Å². The molecule has 1 rings (SSSR count). The Labute approximate surface area is 104 Å². The van der Waals surface area contributed by atoms with Crippen LogP contribution in [0.2, 0.25) is 0 Å². The van der Waals surface area contributed by atoms with Crippen LogP contribution < -0.4 is 0 Å². The first-order valence-electron chi connectivity index (χ1n) is 6.28. The fourth-order valence-corrected chi connectivity index (χ4v) is 2.01. The zero-order valence-corrected chi connectivity index (χ0v) is 11.0. The third-order valence-corrected chi connectivity index (χ3v) is 3.23. The van der Waals surface area contributed by atoms with Crippen LogP contribution in [0, 0.1) is 0 Å². The number of rotatable bonds is 5. The Balaban J connectivity index is 3.32. The third kappa shape index (κ3) is 3.23. The van der Waals surface area contributed by atoms with Crippen molar-refractivity contribution in [2.75, 3.05) is 0 Å². The zero-order chi connectivity index (χ0) is 12.8. The van der Waals surface area contributed by atoms with E-state index in [2.05, 4.69) is 27.4 Å². The molecule has 0 aromatic heterocycles. The molecule has 0 saturated heterocycles. The lowest BCUT2D eigenvalue weighted by Crippen LogP contribution is -1.98. The molecule has 1 N–H and O–H groups in total. The molecule has 0 aliphatic rings. The normalized spacial score (nSPS) is 13.5. The summed E-state index contributed by atoms with van der Waals surface area (Å²) in [6, 6.07) is 5.66. The van der Waals surface area contributed by atoms with Crippen LogP contribution in [0.4, 0.5) is 0 Å². The summed E-state index contributed by atoms with van der Waals surface area (Å²) in [4.78, 5) is 0. The molecule has 0 spiro atoms. The van der Waals surface area contributed by atoms with E-state index >= 15 is 0 Å². The number of phenolic OH excluding ortho intramolecular Hbond substituents is 1. The highest BCUT2D eigenvalue weighted by Gasteiger charge is 2.12. The largest absolute Gasteiger partial charge is 0.508 e. The van der Waals surface area contributed by atoms with Crippen LogP contribution in [0.5, 0.6) is 5.75 Å². The predicted octanol–water partition coefficient (Wildman–Crippen LogP) is 4.89. The maximum Gasteiger partial charge on any atom is 0.116 e. The molecule has 1 heteroatoms. The number of benzene rings is 1. The molecule has 0 saturated carbocycles. The highest BCUT2D eigenvalue weighted by atomic mass is 16.3. The molecule has 1 aromatic rings. The van der Waals surface area contributed by atoms with Crippen molar-refractivity contribution in [3.05, 3.63) is 48.1 Å². The molecule has 1 nitrogen and oxygen atoms in total. The second-order valence-electron chi connectivity index (χ2n) is 4.36. The van der Waals surface area contributed by atoms with E-state index in [0.717, 1.165) is 18.4 Å². The highest BCUT2D eigenvalue weighted by Crippen LogP contribution is 2.32. The Morgan fingerprint density at radius 3 is 2.65 bits per heavy atom. The monoisotopic (exact) mass is 230 g/mol. The number of aromatic hydroxyl groups is 1. The lowest BCUT2D eigenvalue weighted by atomic mass is 9.89. The first kappa shape index (κ1) is 13.6. The Kier molecular flexibility index (Phi) is 5.02. The number of hydrogen-bond acceptors (Lipinski definition) is 1. The molecule has 0 bridgehead atoms. The molecule has 1 unspecified atom stereocenters. The number of allylic oxidation sites excluding steroid dienone is 3. The summed E-state index contributed by atoms with van der Waals surface area (Å²) in [5.41, 5.74) is 3.69. The maximum absolute atomic E-state index is 9.65. The molecular weight excluding hydrogens is 208 g/mol. The van der Waals surface area contributed by atoms with Crippen molar-refractivity contribution in [2.45, 2.75) is 39.5 Å². The molecule has 1 aromatic carbocycles. The van der Waals surface area contributed by atoms with Crippen molar-refractivity contribution in [3.63, 3.8) is 0 Å². The first-order chi connectivity index (χ1) is 8.13. The van der Waals surface area contributed by atoms with Gasteiger partial charge in [0.05, 0.1) is 0 Å². The second kappa shape index (κ2) is 6.29. The standard InChI is InChI=1S/C16H22O/c1-5-8-13(7-3)16-11-14(17)9-10-15(16)12(4)6-2/h5,8-12,17H,1,6-7H2,2-4H3/b13-8-. The van der Waals surface area contributed by atoms with E-state index in [1.807, 2.05) is 24.3 Å². The van der Waals surface area contributed by atoms with Gasteiger partial charge in [0.1, 0.15) is 5.75 Å². The van der Waals surface area contributed by atoms with Crippen molar-refractivity contribution in [2.24, 2.45) is 0 Å². The van der Waals surface area contributed by atoms with Crippen LogP contribution in [-0.2, 0) is 0 Å². The molecule has 0 radical (unpaired) electrons. The summed E-state index contributed by atoms with van der Waals surface area (Å²) in [7, 11) is 0. The Morgan fingerprint density at radius 1 is 1.41 bits per heavy atom. The van der Waals surface area contributed by atoms with Crippen LogP contribution in [0.25, 0.3) is 5.57 Å². The number of hydrogen-bond donors (Lipinski definition) is 1. The Morgan fingerprint density at radius 2 is 2.12 bits per heavy atom. The Hall–Kier alpha value is -1.50. The number of phenols is 1. The van der Waals surface area contributed by atoms with Crippen LogP contribution in [-0.4, -0.2) is 5.11 Å². The minimum absolute atomic E-state index is 0.329. The third-order valence-electron chi connectivity index (χ3n) is 3.23. The van der Waals surface area contributed by atoms with Gasteiger partial charge in [0.25, 0.3) is 0 Å². The smallest absolute Gasteiger partial charge is 0.116 e. The molecule has 0 aliphatic carbocycles. The van der Waals surface area contributed by atoms with E-state index in [0.29, 0.717) is 11.7 Å². The fourth-order valence-electron chi connectivity index (χ4n) is 2.01. The van der Waals surface area contributed by atoms with Gasteiger partial charge in [-0.2, -0.15) is 0 Å². The minimum atomic E-state index is 0.329. The van der Waals surface area contributed by atoms with Crippen LogP contribution in [0.15, 0.2) is 36.9 Å². The van der Waals surface area contributed by atoms with Gasteiger partial charge in [-0.05, 0) is 47.6 Å². The summed E-state index contributed by atoms with van der Waals surface area (Å²) in [5, 5.41) is 9.65. The van der Waals surface area contributed by atoms with Gasteiger partial charge in [-0.1, -0.05) is 45.6 Å². The van der Waals surface area contributed by atoms with E-state index in [1.54, 1.807) is 6.07 Å². The fraction of sp³-hybridized carbons (Fsp3) is 0.375. The van der Waals surface area contributed by atoms with Crippen molar-refractivity contribution >= 4 is 5.57 Å². The molecule has 0 fully saturated rings. The Bertz CT molecular complexity index is 416. The first-order valence-corrected chi connectivity index (χ1v) is 6.28. The van der Waals surface area contributed by atoms with Crippen molar-refractivity contribution in [1.29, 1.82) is 0 Å². The van der Waals surface area contributed by atoms with Gasteiger partial charge < -0.3 is 5.11 Å². The van der Waals surface area contributed by atoms with Gasteiger partial charge in [-0.25, -0.2) is 0 Å².